The first-order chi connectivity index (χ1) is 16.1. The number of methoxy groups -OCH3 is 1. The van der Waals surface area contributed by atoms with E-state index in [1.807, 2.05) is 51.2 Å². The summed E-state index contributed by atoms with van der Waals surface area (Å²) in [5.74, 6) is 3.94. The Balaban J connectivity index is 0.000000407. The van der Waals surface area contributed by atoms with Crippen LogP contribution in [0.2, 0.25) is 0 Å². The maximum absolute atomic E-state index is 11.2. The van der Waals surface area contributed by atoms with Crippen molar-refractivity contribution in [2.45, 2.75) is 57.1 Å². The third-order valence-corrected chi connectivity index (χ3v) is 8.57. The van der Waals surface area contributed by atoms with Gasteiger partial charge in [-0.25, -0.2) is 0 Å². The molecule has 4 fully saturated rings. The Morgan fingerprint density at radius 2 is 1.74 bits per heavy atom. The van der Waals surface area contributed by atoms with Crippen molar-refractivity contribution in [2.75, 3.05) is 7.11 Å². The molecule has 10 radical (unpaired) electrons. The SMILES string of the molecule is COc1ccc2c(c1)CC[C@@H]1[C@@H]2CC[C@]2(C)[C@H](O)[C@@H](N=C[C]3[CH][CH][CH][CH]3)C[C@@H]12.[CH]1[CH][CH][CH][CH]1.[Fe+2]. The Labute approximate surface area is 218 Å². The first-order valence-corrected chi connectivity index (χ1v) is 12.4. The predicted octanol–water partition coefficient (Wildman–Crippen LogP) is 5.39. The Bertz CT molecular complexity index is 823. The smallest absolute Gasteiger partial charge is 0.497 e. The molecule has 1 aromatic rings. The van der Waals surface area contributed by atoms with Crippen molar-refractivity contribution >= 4 is 6.21 Å². The molecule has 5 aliphatic carbocycles. The number of aliphatic imine (C=N–C) groups is 1. The molecule has 6 atom stereocenters. The second kappa shape index (κ2) is 11.5. The van der Waals surface area contributed by atoms with Crippen LogP contribution in [0.25, 0.3) is 0 Å². The second-order valence-corrected chi connectivity index (χ2v) is 10.2. The Hall–Kier alpha value is -0.831. The van der Waals surface area contributed by atoms with E-state index in [0.29, 0.717) is 17.8 Å². The van der Waals surface area contributed by atoms with Gasteiger partial charge in [0.2, 0.25) is 0 Å². The molecule has 0 bridgehead atoms. The molecule has 0 aliphatic heterocycles. The van der Waals surface area contributed by atoms with Gasteiger partial charge in [0.1, 0.15) is 5.75 Å². The fourth-order valence-corrected chi connectivity index (χ4v) is 6.79. The number of aryl methyl sites for hydroxylation is 1. The number of ether oxygens (including phenoxy) is 1. The summed E-state index contributed by atoms with van der Waals surface area (Å²) in [6.07, 6.45) is 25.5. The van der Waals surface area contributed by atoms with Crippen LogP contribution in [0.3, 0.4) is 0 Å². The molecular formula is C30H35FeNO2+2. The minimum Gasteiger partial charge on any atom is -0.497 e. The van der Waals surface area contributed by atoms with Crippen molar-refractivity contribution in [3.8, 4) is 5.75 Å². The summed E-state index contributed by atoms with van der Waals surface area (Å²) in [5.41, 5.74) is 2.99. The van der Waals surface area contributed by atoms with Gasteiger partial charge in [0.05, 0.1) is 19.3 Å². The molecule has 178 valence electrons. The summed E-state index contributed by atoms with van der Waals surface area (Å²) in [6.45, 7) is 2.32. The van der Waals surface area contributed by atoms with Crippen LogP contribution >= 0.6 is 0 Å². The van der Waals surface area contributed by atoms with Crippen molar-refractivity contribution < 1.29 is 26.9 Å². The topological polar surface area (TPSA) is 41.8 Å². The van der Waals surface area contributed by atoms with E-state index in [-0.39, 0.29) is 34.6 Å². The zero-order valence-corrected chi connectivity index (χ0v) is 21.2. The number of aliphatic hydroxyl groups excluding tert-OH is 1. The molecule has 0 amide bonds. The minimum absolute atomic E-state index is 0. The molecule has 1 aromatic carbocycles. The largest absolute Gasteiger partial charge is 2.00 e. The predicted molar refractivity (Wildman–Crippen MR) is 133 cm³/mol. The molecule has 4 heteroatoms. The van der Waals surface area contributed by atoms with Gasteiger partial charge in [-0.05, 0) is 136 Å². The van der Waals surface area contributed by atoms with Crippen LogP contribution in [-0.2, 0) is 23.5 Å². The molecule has 4 saturated carbocycles. The quantitative estimate of drug-likeness (QED) is 0.450. The van der Waals surface area contributed by atoms with Crippen LogP contribution in [0, 0.1) is 81.0 Å². The molecule has 0 heterocycles. The van der Waals surface area contributed by atoms with Crippen molar-refractivity contribution in [1.29, 1.82) is 0 Å². The summed E-state index contributed by atoms with van der Waals surface area (Å²) in [4.78, 5) is 4.83. The average Bonchev–Trinajstić information content (AvgIpc) is 3.62. The minimum atomic E-state index is -0.332. The Morgan fingerprint density at radius 3 is 2.41 bits per heavy atom. The monoisotopic (exact) mass is 497 g/mol. The van der Waals surface area contributed by atoms with Gasteiger partial charge in [-0.3, -0.25) is 4.99 Å². The van der Waals surface area contributed by atoms with Gasteiger partial charge in [-0.2, -0.15) is 0 Å². The third-order valence-electron chi connectivity index (χ3n) is 8.57. The maximum atomic E-state index is 11.2. The van der Waals surface area contributed by atoms with Gasteiger partial charge >= 0.3 is 17.1 Å². The van der Waals surface area contributed by atoms with Gasteiger partial charge in [0.25, 0.3) is 0 Å². The van der Waals surface area contributed by atoms with E-state index in [1.54, 1.807) is 7.11 Å². The fraction of sp³-hybridized carbons (Fsp3) is 0.433. The standard InChI is InChI=1S/C25H30NO2.C5H5.Fe/c1-25-12-11-20-19-10-8-18(28-2)13-17(19)7-9-21(20)22(25)14-23(24(25)27)26-15-16-5-3-4-6-16;1-2-4-5-3-1;/h3-6,8,10,13,15,20-24,27H,7,9,11-12,14H2,1-2H3;1-5H;/q;;+2/t20-,21-,22+,23+,24-,25+;;/m1../s1. The fourth-order valence-electron chi connectivity index (χ4n) is 6.79. The number of benzene rings is 1. The number of fused-ring (bicyclic) bond motifs is 5. The summed E-state index contributed by atoms with van der Waals surface area (Å²) < 4.78 is 5.44. The van der Waals surface area contributed by atoms with Gasteiger partial charge in [0.15, 0.2) is 0 Å². The number of rotatable bonds is 3. The summed E-state index contributed by atoms with van der Waals surface area (Å²) in [5, 5.41) is 11.2. The summed E-state index contributed by atoms with van der Waals surface area (Å²) >= 11 is 0. The van der Waals surface area contributed by atoms with E-state index in [0.717, 1.165) is 30.9 Å². The first-order valence-electron chi connectivity index (χ1n) is 12.4. The van der Waals surface area contributed by atoms with Crippen LogP contribution in [0.5, 0.6) is 5.75 Å². The van der Waals surface area contributed by atoms with Crippen molar-refractivity contribution in [2.24, 2.45) is 22.2 Å². The second-order valence-electron chi connectivity index (χ2n) is 10.2. The van der Waals surface area contributed by atoms with E-state index in [9.17, 15) is 5.11 Å². The molecule has 5 aliphatic rings. The number of hydrogen-bond donors (Lipinski definition) is 1. The van der Waals surface area contributed by atoms with Crippen LogP contribution in [0.4, 0.5) is 0 Å². The van der Waals surface area contributed by atoms with Crippen LogP contribution in [0.1, 0.15) is 49.7 Å². The van der Waals surface area contributed by atoms with E-state index in [2.05, 4.69) is 38.0 Å². The van der Waals surface area contributed by atoms with Crippen LogP contribution in [0.15, 0.2) is 23.2 Å². The van der Waals surface area contributed by atoms with Crippen molar-refractivity contribution in [3.05, 3.63) is 93.0 Å². The third kappa shape index (κ3) is 5.16. The van der Waals surface area contributed by atoms with Gasteiger partial charge < -0.3 is 9.84 Å². The molecular weight excluding hydrogens is 462 g/mol. The zero-order chi connectivity index (χ0) is 22.8. The zero-order valence-electron chi connectivity index (χ0n) is 20.1. The first kappa shape index (κ1) is 26.2. The van der Waals surface area contributed by atoms with E-state index < -0.39 is 0 Å². The average molecular weight is 497 g/mol. The van der Waals surface area contributed by atoms with E-state index in [1.165, 1.54) is 24.0 Å². The molecule has 0 saturated heterocycles. The van der Waals surface area contributed by atoms with Gasteiger partial charge in [-0.1, -0.05) is 13.0 Å². The van der Waals surface area contributed by atoms with Crippen LogP contribution in [-0.4, -0.2) is 30.6 Å². The normalized spacial score (nSPS) is 36.7. The van der Waals surface area contributed by atoms with Crippen molar-refractivity contribution in [3.63, 3.8) is 0 Å². The van der Waals surface area contributed by atoms with Gasteiger partial charge in [-0.15, -0.1) is 0 Å². The Kier molecular flexibility index (Phi) is 8.86. The molecule has 34 heavy (non-hydrogen) atoms. The number of nitrogens with zero attached hydrogens (tertiary/aromatic N) is 1. The Morgan fingerprint density at radius 1 is 1.03 bits per heavy atom. The van der Waals surface area contributed by atoms with E-state index >= 15 is 0 Å². The van der Waals surface area contributed by atoms with Gasteiger partial charge in [0, 0.05) is 12.1 Å². The summed E-state index contributed by atoms with van der Waals surface area (Å²) in [7, 11) is 1.75. The molecule has 1 N–H and O–H groups in total. The molecule has 3 nitrogen and oxygen atoms in total. The molecule has 0 unspecified atom stereocenters. The molecule has 0 spiro atoms. The van der Waals surface area contributed by atoms with Crippen molar-refractivity contribution in [1.82, 2.24) is 0 Å². The molecule has 6 rings (SSSR count). The molecule has 0 aromatic heterocycles. The summed E-state index contributed by atoms with van der Waals surface area (Å²) in [6, 6.07) is 6.67. The number of aliphatic hydroxyl groups is 1. The maximum Gasteiger partial charge on any atom is 2.00 e. The van der Waals surface area contributed by atoms with Crippen LogP contribution < -0.4 is 4.74 Å². The number of hydrogen-bond acceptors (Lipinski definition) is 3. The van der Waals surface area contributed by atoms with E-state index in [4.69, 9.17) is 9.73 Å².